The van der Waals surface area contributed by atoms with Crippen molar-refractivity contribution in [1.82, 2.24) is 14.4 Å². The molecule has 2 aromatic rings. The molecule has 1 atom stereocenters. The third kappa shape index (κ3) is 4.91. The third-order valence-corrected chi connectivity index (χ3v) is 7.05. The zero-order valence-electron chi connectivity index (χ0n) is 17.8. The molecule has 9 heteroatoms. The number of hydrogen-bond acceptors (Lipinski definition) is 6. The van der Waals surface area contributed by atoms with Crippen LogP contribution in [-0.4, -0.2) is 55.9 Å². The van der Waals surface area contributed by atoms with Gasteiger partial charge in [-0.2, -0.15) is 4.31 Å². The smallest absolute Gasteiger partial charge is 0.248 e. The molecule has 2 heterocycles. The topological polar surface area (TPSA) is 95.8 Å². The second kappa shape index (κ2) is 9.01. The zero-order valence-corrected chi connectivity index (χ0v) is 18.6. The number of sulfonamides is 1. The first kappa shape index (κ1) is 22.0. The van der Waals surface area contributed by atoms with Crippen LogP contribution in [0.1, 0.15) is 29.9 Å². The number of aryl methyl sites for hydroxylation is 2. The largest absolute Gasteiger partial charge is 0.383 e. The summed E-state index contributed by atoms with van der Waals surface area (Å²) in [4.78, 5) is 14.6. The van der Waals surface area contributed by atoms with E-state index < -0.39 is 15.9 Å². The normalized spacial score (nSPS) is 17.9. The molecule has 30 heavy (non-hydrogen) atoms. The maximum absolute atomic E-state index is 13.3. The minimum atomic E-state index is -3.85. The number of nitrogens with one attached hydrogen (secondary N) is 1. The fraction of sp³-hybridized carbons (Fsp3) is 0.429. The van der Waals surface area contributed by atoms with Crippen LogP contribution in [0.25, 0.3) is 6.08 Å². The van der Waals surface area contributed by atoms with Crippen molar-refractivity contribution in [2.45, 2.75) is 31.6 Å². The Balaban J connectivity index is 1.78. The summed E-state index contributed by atoms with van der Waals surface area (Å²) in [5, 5.41) is 6.74. The molecule has 0 bridgehead atoms. The minimum absolute atomic E-state index is 0.0557. The van der Waals surface area contributed by atoms with Crippen LogP contribution in [0.2, 0.25) is 0 Å². The molecule has 1 aromatic heterocycles. The molecule has 1 aliphatic rings. The van der Waals surface area contributed by atoms with E-state index in [0.29, 0.717) is 30.8 Å². The highest BCUT2D eigenvalue weighted by Crippen LogP contribution is 2.29. The quantitative estimate of drug-likeness (QED) is 0.754. The van der Waals surface area contributed by atoms with Gasteiger partial charge in [0.05, 0.1) is 5.92 Å². The first-order chi connectivity index (χ1) is 14.2. The maximum atomic E-state index is 13.3. The average molecular weight is 433 g/mol. The molecule has 1 unspecified atom stereocenters. The fourth-order valence-corrected chi connectivity index (χ4v) is 5.17. The number of carbonyl (C=O) groups excluding carboxylic acids is 1. The molecule has 1 aliphatic heterocycles. The Morgan fingerprint density at radius 3 is 2.63 bits per heavy atom. The molecule has 1 fully saturated rings. The lowest BCUT2D eigenvalue weighted by Gasteiger charge is -2.31. The number of anilines is 1. The van der Waals surface area contributed by atoms with E-state index in [-0.39, 0.29) is 23.1 Å². The second-order valence-electron chi connectivity index (χ2n) is 7.80. The average Bonchev–Trinajstić information content (AvgIpc) is 3.09. The van der Waals surface area contributed by atoms with Crippen molar-refractivity contribution in [3.05, 3.63) is 47.5 Å². The maximum Gasteiger partial charge on any atom is 0.248 e. The van der Waals surface area contributed by atoms with Gasteiger partial charge in [-0.25, -0.2) is 8.42 Å². The standard InChI is InChI=1S/C21H28N4O4S/c1-15-7-9-18(10-8-15)22-21(26)17-6-5-12-25(14-17)30(27,28)20-16(2)23-29-19(20)11-13-24(3)4/h7-11,13,17H,5-6,12,14H2,1-4H3,(H,22,26). The van der Waals surface area contributed by atoms with Gasteiger partial charge >= 0.3 is 0 Å². The SMILES string of the molecule is Cc1ccc(NC(=O)C2CCCN(S(=O)(=O)c3c(C)noc3C=CN(C)C)C2)cc1. The first-order valence-corrected chi connectivity index (χ1v) is 11.3. The van der Waals surface area contributed by atoms with Crippen LogP contribution in [0.3, 0.4) is 0 Å². The Morgan fingerprint density at radius 2 is 1.97 bits per heavy atom. The van der Waals surface area contributed by atoms with Crippen molar-refractivity contribution in [1.29, 1.82) is 0 Å². The Hall–Kier alpha value is -2.65. The first-order valence-electron chi connectivity index (χ1n) is 9.87. The van der Waals surface area contributed by atoms with Crippen LogP contribution in [0, 0.1) is 19.8 Å². The minimum Gasteiger partial charge on any atom is -0.383 e. The van der Waals surface area contributed by atoms with Gasteiger partial charge in [0.1, 0.15) is 5.69 Å². The molecule has 0 spiro atoms. The van der Waals surface area contributed by atoms with E-state index in [1.807, 2.05) is 45.3 Å². The number of carbonyl (C=O) groups is 1. The van der Waals surface area contributed by atoms with Crippen LogP contribution in [-0.2, 0) is 14.8 Å². The number of piperidine rings is 1. The molecular formula is C21H28N4O4S. The molecule has 8 nitrogen and oxygen atoms in total. The van der Waals surface area contributed by atoms with Gasteiger partial charge < -0.3 is 14.7 Å². The van der Waals surface area contributed by atoms with Crippen molar-refractivity contribution >= 4 is 27.7 Å². The third-order valence-electron chi connectivity index (χ3n) is 5.03. The summed E-state index contributed by atoms with van der Waals surface area (Å²) in [7, 11) is -0.187. The van der Waals surface area contributed by atoms with Crippen molar-refractivity contribution in [2.24, 2.45) is 5.92 Å². The Kier molecular flexibility index (Phi) is 6.62. The highest BCUT2D eigenvalue weighted by molar-refractivity contribution is 7.89. The van der Waals surface area contributed by atoms with E-state index >= 15 is 0 Å². The monoisotopic (exact) mass is 432 g/mol. The van der Waals surface area contributed by atoms with E-state index in [4.69, 9.17) is 4.52 Å². The number of benzene rings is 1. The fourth-order valence-electron chi connectivity index (χ4n) is 3.40. The van der Waals surface area contributed by atoms with Gasteiger partial charge in [0.15, 0.2) is 10.7 Å². The molecule has 1 aromatic carbocycles. The predicted octanol–water partition coefficient (Wildman–Crippen LogP) is 2.86. The number of aromatic nitrogens is 1. The van der Waals surface area contributed by atoms with E-state index in [1.54, 1.807) is 24.1 Å². The molecular weight excluding hydrogens is 404 g/mol. The predicted molar refractivity (Wildman–Crippen MR) is 115 cm³/mol. The zero-order chi connectivity index (χ0) is 21.9. The summed E-state index contributed by atoms with van der Waals surface area (Å²) in [6, 6.07) is 7.53. The molecule has 1 N–H and O–H groups in total. The summed E-state index contributed by atoms with van der Waals surface area (Å²) in [5.74, 6) is -0.406. The Labute approximate surface area is 177 Å². The molecule has 1 amide bonds. The van der Waals surface area contributed by atoms with Crippen molar-refractivity contribution < 1.29 is 17.7 Å². The lowest BCUT2D eigenvalue weighted by atomic mass is 9.98. The van der Waals surface area contributed by atoms with Crippen LogP contribution in [0.5, 0.6) is 0 Å². The molecule has 0 saturated carbocycles. The summed E-state index contributed by atoms with van der Waals surface area (Å²) in [5.41, 5.74) is 2.11. The van der Waals surface area contributed by atoms with Crippen molar-refractivity contribution in [3.8, 4) is 0 Å². The van der Waals surface area contributed by atoms with E-state index in [1.165, 1.54) is 4.31 Å². The summed E-state index contributed by atoms with van der Waals surface area (Å²) >= 11 is 0. The Morgan fingerprint density at radius 1 is 1.27 bits per heavy atom. The van der Waals surface area contributed by atoms with Gasteiger partial charge in [-0.1, -0.05) is 22.9 Å². The van der Waals surface area contributed by atoms with E-state index in [2.05, 4.69) is 10.5 Å². The second-order valence-corrected chi connectivity index (χ2v) is 9.67. The van der Waals surface area contributed by atoms with Gasteiger partial charge in [-0.05, 0) is 38.8 Å². The van der Waals surface area contributed by atoms with Gasteiger partial charge in [-0.15, -0.1) is 0 Å². The van der Waals surface area contributed by atoms with Crippen LogP contribution < -0.4 is 5.32 Å². The molecule has 0 aliphatic carbocycles. The Bertz CT molecular complexity index is 1030. The molecule has 162 valence electrons. The summed E-state index contributed by atoms with van der Waals surface area (Å²) < 4.78 is 33.3. The highest BCUT2D eigenvalue weighted by atomic mass is 32.2. The van der Waals surface area contributed by atoms with Crippen LogP contribution >= 0.6 is 0 Å². The summed E-state index contributed by atoms with van der Waals surface area (Å²) in [6.45, 7) is 4.07. The van der Waals surface area contributed by atoms with Gasteiger partial charge in [0, 0.05) is 45.1 Å². The van der Waals surface area contributed by atoms with E-state index in [9.17, 15) is 13.2 Å². The van der Waals surface area contributed by atoms with Crippen molar-refractivity contribution in [2.75, 3.05) is 32.5 Å². The van der Waals surface area contributed by atoms with Gasteiger partial charge in [0.25, 0.3) is 0 Å². The van der Waals surface area contributed by atoms with Gasteiger partial charge in [-0.3, -0.25) is 4.79 Å². The number of nitrogens with zero attached hydrogens (tertiary/aromatic N) is 3. The van der Waals surface area contributed by atoms with Crippen molar-refractivity contribution in [3.63, 3.8) is 0 Å². The molecule has 1 saturated heterocycles. The van der Waals surface area contributed by atoms with E-state index in [0.717, 1.165) is 5.56 Å². The number of hydrogen-bond donors (Lipinski definition) is 1. The number of amides is 1. The highest BCUT2D eigenvalue weighted by Gasteiger charge is 2.36. The molecule has 0 radical (unpaired) electrons. The lowest BCUT2D eigenvalue weighted by molar-refractivity contribution is -0.120. The summed E-state index contributed by atoms with van der Waals surface area (Å²) in [6.07, 6.45) is 4.53. The number of rotatable bonds is 6. The van der Waals surface area contributed by atoms with Crippen LogP contribution in [0.15, 0.2) is 39.9 Å². The van der Waals surface area contributed by atoms with Crippen LogP contribution in [0.4, 0.5) is 5.69 Å². The molecule has 3 rings (SSSR count). The lowest BCUT2D eigenvalue weighted by Crippen LogP contribution is -2.43. The van der Waals surface area contributed by atoms with Gasteiger partial charge in [0.2, 0.25) is 15.9 Å².